The van der Waals surface area contributed by atoms with Gasteiger partial charge < -0.3 is 10.3 Å². The Bertz CT molecular complexity index is 1020. The van der Waals surface area contributed by atoms with Gasteiger partial charge in [-0.2, -0.15) is 0 Å². The molecular weight excluding hydrogens is 371 g/mol. The predicted octanol–water partition coefficient (Wildman–Crippen LogP) is 4.74. The van der Waals surface area contributed by atoms with Crippen LogP contribution in [0.25, 0.3) is 11.0 Å². The summed E-state index contributed by atoms with van der Waals surface area (Å²) in [5, 5.41) is 1.01. The molecule has 1 saturated carbocycles. The highest BCUT2D eigenvalue weighted by Gasteiger charge is 2.26. The second-order valence-electron chi connectivity index (χ2n) is 7.30. The van der Waals surface area contributed by atoms with E-state index < -0.39 is 0 Å². The minimum Gasteiger partial charge on any atom is -0.336 e. The SMILES string of the molecule is CSc1ccc(Cc2c(C)n(C/C(F)=C/CN)c3ccc(C4CC4)nc23)cn1. The topological polar surface area (TPSA) is 56.7 Å². The lowest BCUT2D eigenvalue weighted by molar-refractivity contribution is 0.554. The molecule has 1 aliphatic rings. The van der Waals surface area contributed by atoms with E-state index in [1.54, 1.807) is 11.8 Å². The Morgan fingerprint density at radius 3 is 2.79 bits per heavy atom. The first-order valence-electron chi connectivity index (χ1n) is 9.62. The summed E-state index contributed by atoms with van der Waals surface area (Å²) in [5.74, 6) is 0.364. The standard InChI is InChI=1S/C22H25FN4S/c1-14-18(11-15-3-8-21(28-2)25-12-15)22-20(27(14)13-17(23)9-10-24)7-6-19(26-22)16-4-5-16/h3,6-9,12,16H,4-5,10-11,13,24H2,1-2H3/b17-9-. The Kier molecular flexibility index (Phi) is 5.51. The molecule has 28 heavy (non-hydrogen) atoms. The van der Waals surface area contributed by atoms with E-state index >= 15 is 0 Å². The number of rotatable bonds is 7. The average molecular weight is 397 g/mol. The third-order valence-corrected chi connectivity index (χ3v) is 6.01. The molecule has 0 spiro atoms. The first-order chi connectivity index (χ1) is 13.6. The number of fused-ring (bicyclic) bond motifs is 1. The maximum Gasteiger partial charge on any atom is 0.117 e. The average Bonchev–Trinajstić information content (AvgIpc) is 3.52. The highest BCUT2D eigenvalue weighted by molar-refractivity contribution is 7.98. The molecular formula is C22H25FN4S. The van der Waals surface area contributed by atoms with Crippen LogP contribution >= 0.6 is 11.8 Å². The van der Waals surface area contributed by atoms with Crippen LogP contribution in [0.2, 0.25) is 0 Å². The number of pyridine rings is 2. The number of aromatic nitrogens is 3. The van der Waals surface area contributed by atoms with Gasteiger partial charge in [0.15, 0.2) is 0 Å². The summed E-state index contributed by atoms with van der Waals surface area (Å²) in [4.78, 5) is 9.48. The quantitative estimate of drug-likeness (QED) is 0.586. The zero-order valence-corrected chi connectivity index (χ0v) is 17.1. The third kappa shape index (κ3) is 3.84. The minimum atomic E-state index is -0.216. The molecule has 0 saturated heterocycles. The Labute approximate surface area is 169 Å². The number of allylic oxidation sites excluding steroid dienone is 1. The highest BCUT2D eigenvalue weighted by Crippen LogP contribution is 2.40. The van der Waals surface area contributed by atoms with Gasteiger partial charge in [0.2, 0.25) is 0 Å². The molecule has 1 aliphatic carbocycles. The smallest absolute Gasteiger partial charge is 0.117 e. The molecule has 1 fully saturated rings. The van der Waals surface area contributed by atoms with Gasteiger partial charge in [0.25, 0.3) is 0 Å². The van der Waals surface area contributed by atoms with Crippen LogP contribution in [-0.4, -0.2) is 27.3 Å². The van der Waals surface area contributed by atoms with Gasteiger partial charge >= 0.3 is 0 Å². The van der Waals surface area contributed by atoms with Gasteiger partial charge in [-0.25, -0.2) is 9.37 Å². The lowest BCUT2D eigenvalue weighted by atomic mass is 10.1. The number of thioether (sulfide) groups is 1. The Morgan fingerprint density at radius 2 is 2.14 bits per heavy atom. The van der Waals surface area contributed by atoms with E-state index in [-0.39, 0.29) is 18.9 Å². The summed E-state index contributed by atoms with van der Waals surface area (Å²) < 4.78 is 16.3. The van der Waals surface area contributed by atoms with Crippen LogP contribution in [0.5, 0.6) is 0 Å². The summed E-state index contributed by atoms with van der Waals surface area (Å²) >= 11 is 1.63. The summed E-state index contributed by atoms with van der Waals surface area (Å²) in [7, 11) is 0. The maximum atomic E-state index is 14.3. The molecule has 0 aromatic carbocycles. The van der Waals surface area contributed by atoms with Crippen molar-refractivity contribution in [2.75, 3.05) is 12.8 Å². The van der Waals surface area contributed by atoms with Gasteiger partial charge in [-0.05, 0) is 55.9 Å². The highest BCUT2D eigenvalue weighted by atomic mass is 32.2. The second-order valence-corrected chi connectivity index (χ2v) is 8.13. The molecule has 0 bridgehead atoms. The molecule has 6 heteroatoms. The van der Waals surface area contributed by atoms with E-state index in [0.29, 0.717) is 5.92 Å². The molecule has 0 amide bonds. The van der Waals surface area contributed by atoms with E-state index in [0.717, 1.165) is 45.0 Å². The largest absolute Gasteiger partial charge is 0.336 e. The van der Waals surface area contributed by atoms with E-state index in [1.807, 2.05) is 30.0 Å². The van der Waals surface area contributed by atoms with Crippen LogP contribution in [-0.2, 0) is 13.0 Å². The summed E-state index contributed by atoms with van der Waals surface area (Å²) in [6, 6.07) is 8.35. The molecule has 0 radical (unpaired) electrons. The van der Waals surface area contributed by atoms with Crippen molar-refractivity contribution in [3.05, 3.63) is 64.9 Å². The lowest BCUT2D eigenvalue weighted by Gasteiger charge is -2.07. The van der Waals surface area contributed by atoms with Gasteiger partial charge in [0.05, 0.1) is 22.6 Å². The monoisotopic (exact) mass is 396 g/mol. The Morgan fingerprint density at radius 1 is 1.32 bits per heavy atom. The molecule has 4 nitrogen and oxygen atoms in total. The van der Waals surface area contributed by atoms with Crippen LogP contribution in [0.4, 0.5) is 4.39 Å². The molecule has 2 N–H and O–H groups in total. The summed E-state index contributed by atoms with van der Waals surface area (Å²) in [6.07, 6.45) is 8.53. The predicted molar refractivity (Wildman–Crippen MR) is 114 cm³/mol. The number of nitrogens with zero attached hydrogens (tertiary/aromatic N) is 3. The van der Waals surface area contributed by atoms with E-state index in [1.165, 1.54) is 18.9 Å². The van der Waals surface area contributed by atoms with Crippen LogP contribution in [0.3, 0.4) is 0 Å². The molecule has 4 rings (SSSR count). The van der Waals surface area contributed by atoms with Crippen LogP contribution in [0.1, 0.15) is 41.3 Å². The Hall–Kier alpha value is -2.18. The molecule has 0 atom stereocenters. The van der Waals surface area contributed by atoms with Gasteiger partial charge in [-0.1, -0.05) is 6.07 Å². The lowest BCUT2D eigenvalue weighted by Crippen LogP contribution is -2.04. The van der Waals surface area contributed by atoms with Gasteiger partial charge in [-0.3, -0.25) is 4.98 Å². The van der Waals surface area contributed by atoms with E-state index in [2.05, 4.69) is 23.2 Å². The van der Waals surface area contributed by atoms with E-state index in [4.69, 9.17) is 10.7 Å². The van der Waals surface area contributed by atoms with Crippen molar-refractivity contribution >= 4 is 22.8 Å². The molecule has 0 unspecified atom stereocenters. The van der Waals surface area contributed by atoms with E-state index in [9.17, 15) is 4.39 Å². The maximum absolute atomic E-state index is 14.3. The minimum absolute atomic E-state index is 0.188. The van der Waals surface area contributed by atoms with Crippen molar-refractivity contribution in [1.82, 2.24) is 14.5 Å². The van der Waals surface area contributed by atoms with Crippen molar-refractivity contribution in [3.63, 3.8) is 0 Å². The van der Waals surface area contributed by atoms with Crippen LogP contribution in [0.15, 0.2) is 47.4 Å². The van der Waals surface area contributed by atoms with Crippen molar-refractivity contribution in [2.45, 2.75) is 43.7 Å². The zero-order valence-electron chi connectivity index (χ0n) is 16.3. The van der Waals surface area contributed by atoms with Crippen LogP contribution < -0.4 is 5.73 Å². The first-order valence-corrected chi connectivity index (χ1v) is 10.8. The molecule has 146 valence electrons. The van der Waals surface area contributed by atoms with Gasteiger partial charge in [0.1, 0.15) is 5.83 Å². The molecule has 3 heterocycles. The number of hydrogen-bond acceptors (Lipinski definition) is 4. The number of hydrogen-bond donors (Lipinski definition) is 1. The molecule has 3 aromatic rings. The van der Waals surface area contributed by atoms with Crippen LogP contribution in [0, 0.1) is 6.92 Å². The van der Waals surface area contributed by atoms with Gasteiger partial charge in [-0.15, -0.1) is 11.8 Å². The normalized spacial score (nSPS) is 14.8. The Balaban J connectivity index is 1.78. The molecule has 3 aromatic heterocycles. The first kappa shape index (κ1) is 19.2. The fraction of sp³-hybridized carbons (Fsp3) is 0.364. The summed E-state index contributed by atoms with van der Waals surface area (Å²) in [6.45, 7) is 2.44. The van der Waals surface area contributed by atoms with Crippen molar-refractivity contribution in [1.29, 1.82) is 0 Å². The molecule has 0 aliphatic heterocycles. The zero-order chi connectivity index (χ0) is 19.7. The van der Waals surface area contributed by atoms with Crippen molar-refractivity contribution in [3.8, 4) is 0 Å². The fourth-order valence-corrected chi connectivity index (χ4v) is 3.99. The summed E-state index contributed by atoms with van der Waals surface area (Å²) in [5.41, 5.74) is 11.9. The third-order valence-electron chi connectivity index (χ3n) is 5.35. The van der Waals surface area contributed by atoms with Gasteiger partial charge in [0, 0.05) is 42.0 Å². The number of halogens is 1. The number of nitrogens with two attached hydrogens (primary N) is 1. The van der Waals surface area contributed by atoms with Crippen molar-refractivity contribution in [2.24, 2.45) is 5.73 Å². The van der Waals surface area contributed by atoms with Crippen molar-refractivity contribution < 1.29 is 4.39 Å². The second kappa shape index (κ2) is 8.05. The fourth-order valence-electron chi connectivity index (χ4n) is 3.63.